The molecule has 0 bridgehead atoms. The summed E-state index contributed by atoms with van der Waals surface area (Å²) in [6.45, 7) is 1.78. The molecular weight excluding hydrogens is 356 g/mol. The maximum atomic E-state index is 12.5. The number of amides is 1. The van der Waals surface area contributed by atoms with E-state index in [0.29, 0.717) is 38.4 Å². The number of rotatable bonds is 10. The number of nitrogens with two attached hydrogens (primary N) is 1. The Kier molecular flexibility index (Phi) is 8.74. The Labute approximate surface area is 159 Å². The summed E-state index contributed by atoms with van der Waals surface area (Å²) in [5.41, 5.74) is 6.37. The van der Waals surface area contributed by atoms with Gasteiger partial charge in [0.2, 0.25) is 5.91 Å². The van der Waals surface area contributed by atoms with E-state index in [1.165, 1.54) is 6.07 Å². The molecule has 0 aliphatic carbocycles. The van der Waals surface area contributed by atoms with Gasteiger partial charge in [0.25, 0.3) is 0 Å². The number of ether oxygens (including phenoxy) is 2. The van der Waals surface area contributed by atoms with Crippen molar-refractivity contribution in [2.24, 2.45) is 5.73 Å². The maximum absolute atomic E-state index is 12.5. The molecule has 1 amide bonds. The molecule has 1 unspecified atom stereocenters. The van der Waals surface area contributed by atoms with E-state index < -0.39 is 6.61 Å². The topological polar surface area (TPSA) is 76.8 Å². The average Bonchev–Trinajstić information content (AvgIpc) is 2.63. The molecule has 1 aromatic rings. The van der Waals surface area contributed by atoms with Gasteiger partial charge in [-0.15, -0.1) is 0 Å². The standard InChI is InChI=1S/C19H29F2N3O3/c1-2-26-17-11-14(6-7-16(17)27-19(20)21)13-24-10-4-3-5-15(24)12-23-18(25)8-9-22/h6-7,11,15,19H,2-5,8-10,12-13,22H2,1H3,(H,23,25). The average molecular weight is 385 g/mol. The molecule has 3 N–H and O–H groups in total. The van der Waals surface area contributed by atoms with Crippen molar-refractivity contribution < 1.29 is 23.0 Å². The van der Waals surface area contributed by atoms with Crippen molar-refractivity contribution in [3.05, 3.63) is 23.8 Å². The van der Waals surface area contributed by atoms with Crippen molar-refractivity contribution in [3.63, 3.8) is 0 Å². The molecule has 1 aliphatic rings. The van der Waals surface area contributed by atoms with Crippen LogP contribution in [0.1, 0.15) is 38.2 Å². The highest BCUT2D eigenvalue weighted by molar-refractivity contribution is 5.76. The predicted octanol–water partition coefficient (Wildman–Crippen LogP) is 2.51. The van der Waals surface area contributed by atoms with Crippen LogP contribution in [0, 0.1) is 0 Å². The lowest BCUT2D eigenvalue weighted by Gasteiger charge is -2.36. The third kappa shape index (κ3) is 6.95. The lowest BCUT2D eigenvalue weighted by atomic mass is 10.0. The lowest BCUT2D eigenvalue weighted by Crippen LogP contribution is -2.46. The minimum atomic E-state index is -2.89. The number of carbonyl (C=O) groups excluding carboxylic acids is 1. The molecule has 6 nitrogen and oxygen atoms in total. The molecular formula is C19H29F2N3O3. The molecule has 1 heterocycles. The van der Waals surface area contributed by atoms with Crippen LogP contribution < -0.4 is 20.5 Å². The highest BCUT2D eigenvalue weighted by atomic mass is 19.3. The minimum absolute atomic E-state index is 0.0323. The Bertz CT molecular complexity index is 602. The van der Waals surface area contributed by atoms with Gasteiger partial charge in [0, 0.05) is 32.1 Å². The second kappa shape index (κ2) is 11.0. The largest absolute Gasteiger partial charge is 0.490 e. The first-order chi connectivity index (χ1) is 13.0. The molecule has 1 aromatic carbocycles. The van der Waals surface area contributed by atoms with Crippen LogP contribution in [0.25, 0.3) is 0 Å². The van der Waals surface area contributed by atoms with Crippen molar-refractivity contribution in [1.82, 2.24) is 10.2 Å². The summed E-state index contributed by atoms with van der Waals surface area (Å²) in [5, 5.41) is 2.94. The van der Waals surface area contributed by atoms with E-state index in [1.807, 2.05) is 0 Å². The number of likely N-dealkylation sites (tertiary alicyclic amines) is 1. The van der Waals surface area contributed by atoms with Crippen molar-refractivity contribution in [2.45, 2.75) is 51.8 Å². The van der Waals surface area contributed by atoms with E-state index in [0.717, 1.165) is 31.4 Å². The summed E-state index contributed by atoms with van der Waals surface area (Å²) in [7, 11) is 0. The van der Waals surface area contributed by atoms with Crippen molar-refractivity contribution in [1.29, 1.82) is 0 Å². The van der Waals surface area contributed by atoms with E-state index in [9.17, 15) is 13.6 Å². The van der Waals surface area contributed by atoms with E-state index in [2.05, 4.69) is 15.0 Å². The van der Waals surface area contributed by atoms with Gasteiger partial charge >= 0.3 is 6.61 Å². The van der Waals surface area contributed by atoms with E-state index >= 15 is 0 Å². The summed E-state index contributed by atoms with van der Waals surface area (Å²) in [6, 6.07) is 5.29. The molecule has 1 atom stereocenters. The van der Waals surface area contributed by atoms with Crippen LogP contribution in [0.3, 0.4) is 0 Å². The summed E-state index contributed by atoms with van der Waals surface area (Å²) < 4.78 is 35.1. The Hall–Kier alpha value is -1.93. The first-order valence-electron chi connectivity index (χ1n) is 9.44. The molecule has 1 fully saturated rings. The summed E-state index contributed by atoms with van der Waals surface area (Å²) in [6.07, 6.45) is 3.56. The van der Waals surface area contributed by atoms with Gasteiger partial charge in [-0.1, -0.05) is 12.5 Å². The number of hydrogen-bond acceptors (Lipinski definition) is 5. The summed E-state index contributed by atoms with van der Waals surface area (Å²) >= 11 is 0. The highest BCUT2D eigenvalue weighted by Gasteiger charge is 2.23. The van der Waals surface area contributed by atoms with Gasteiger partial charge in [-0.2, -0.15) is 8.78 Å². The molecule has 0 radical (unpaired) electrons. The zero-order valence-corrected chi connectivity index (χ0v) is 15.8. The maximum Gasteiger partial charge on any atom is 0.387 e. The fourth-order valence-electron chi connectivity index (χ4n) is 3.30. The van der Waals surface area contributed by atoms with Crippen LogP contribution in [-0.4, -0.2) is 49.7 Å². The van der Waals surface area contributed by atoms with E-state index in [4.69, 9.17) is 10.5 Å². The van der Waals surface area contributed by atoms with E-state index in [1.54, 1.807) is 19.1 Å². The van der Waals surface area contributed by atoms with Crippen LogP contribution in [0.2, 0.25) is 0 Å². The van der Waals surface area contributed by atoms with Crippen LogP contribution in [0.4, 0.5) is 8.78 Å². The summed E-state index contributed by atoms with van der Waals surface area (Å²) in [5.74, 6) is 0.329. The van der Waals surface area contributed by atoms with Gasteiger partial charge < -0.3 is 20.5 Å². The van der Waals surface area contributed by atoms with Crippen molar-refractivity contribution in [2.75, 3.05) is 26.2 Å². The Morgan fingerprint density at radius 2 is 2.19 bits per heavy atom. The van der Waals surface area contributed by atoms with Gasteiger partial charge in [-0.05, 0) is 44.0 Å². The van der Waals surface area contributed by atoms with E-state index in [-0.39, 0.29) is 17.7 Å². The molecule has 0 saturated carbocycles. The first kappa shape index (κ1) is 21.4. The number of nitrogens with zero attached hydrogens (tertiary/aromatic N) is 1. The normalized spacial score (nSPS) is 17.7. The zero-order chi connectivity index (χ0) is 19.6. The minimum Gasteiger partial charge on any atom is -0.490 e. The number of alkyl halides is 2. The van der Waals surface area contributed by atoms with Crippen LogP contribution in [0.5, 0.6) is 11.5 Å². The molecule has 0 spiro atoms. The molecule has 27 heavy (non-hydrogen) atoms. The predicted molar refractivity (Wildman–Crippen MR) is 99.0 cm³/mol. The Balaban J connectivity index is 2.03. The second-order valence-electron chi connectivity index (χ2n) is 6.56. The van der Waals surface area contributed by atoms with Gasteiger partial charge in [-0.3, -0.25) is 9.69 Å². The monoisotopic (exact) mass is 385 g/mol. The third-order valence-electron chi connectivity index (χ3n) is 4.57. The third-order valence-corrected chi connectivity index (χ3v) is 4.57. The van der Waals surface area contributed by atoms with Crippen LogP contribution in [-0.2, 0) is 11.3 Å². The van der Waals surface area contributed by atoms with Gasteiger partial charge in [-0.25, -0.2) is 0 Å². The molecule has 2 rings (SSSR count). The number of nitrogens with one attached hydrogen (secondary N) is 1. The molecule has 1 saturated heterocycles. The number of hydrogen-bond donors (Lipinski definition) is 2. The quantitative estimate of drug-likeness (QED) is 0.647. The van der Waals surface area contributed by atoms with Crippen molar-refractivity contribution >= 4 is 5.91 Å². The number of benzene rings is 1. The van der Waals surface area contributed by atoms with Crippen LogP contribution >= 0.6 is 0 Å². The first-order valence-corrected chi connectivity index (χ1v) is 9.44. The molecule has 1 aliphatic heterocycles. The second-order valence-corrected chi connectivity index (χ2v) is 6.56. The number of halogens is 2. The Morgan fingerprint density at radius 3 is 2.89 bits per heavy atom. The van der Waals surface area contributed by atoms with Gasteiger partial charge in [0.05, 0.1) is 6.61 Å². The highest BCUT2D eigenvalue weighted by Crippen LogP contribution is 2.31. The fourth-order valence-corrected chi connectivity index (χ4v) is 3.30. The molecule has 152 valence electrons. The summed E-state index contributed by atoms with van der Waals surface area (Å²) in [4.78, 5) is 14.0. The molecule has 0 aromatic heterocycles. The number of carbonyl (C=O) groups is 1. The zero-order valence-electron chi connectivity index (χ0n) is 15.8. The smallest absolute Gasteiger partial charge is 0.387 e. The van der Waals surface area contributed by atoms with Gasteiger partial charge in [0.15, 0.2) is 11.5 Å². The van der Waals surface area contributed by atoms with Crippen molar-refractivity contribution in [3.8, 4) is 11.5 Å². The lowest BCUT2D eigenvalue weighted by molar-refractivity contribution is -0.121. The van der Waals surface area contributed by atoms with Crippen LogP contribution in [0.15, 0.2) is 18.2 Å². The SMILES string of the molecule is CCOc1cc(CN2CCCCC2CNC(=O)CCN)ccc1OC(F)F. The van der Waals surface area contributed by atoms with Gasteiger partial charge in [0.1, 0.15) is 0 Å². The fraction of sp³-hybridized carbons (Fsp3) is 0.632. The Morgan fingerprint density at radius 1 is 1.37 bits per heavy atom. The number of piperidine rings is 1. The molecule has 8 heteroatoms.